The first-order valence-electron chi connectivity index (χ1n) is 9.39. The maximum atomic E-state index is 13.2. The summed E-state index contributed by atoms with van der Waals surface area (Å²) < 4.78 is 0. The Kier molecular flexibility index (Phi) is 8.22. The molecule has 0 spiro atoms. The molecule has 1 fully saturated rings. The molecule has 1 heterocycles. The van der Waals surface area contributed by atoms with Crippen LogP contribution in [0.4, 0.5) is 0 Å². The highest BCUT2D eigenvalue weighted by atomic mass is 16.2. The monoisotopic (exact) mass is 374 g/mol. The SMILES string of the molecule is CN[C@H](Cc1ccccc1)C(=O)N([C@H](C=O)CCCNC(=N)N)N1CCC1. The molecular weight excluding hydrogens is 344 g/mol. The van der Waals surface area contributed by atoms with Gasteiger partial charge in [0.15, 0.2) is 5.96 Å². The van der Waals surface area contributed by atoms with E-state index in [0.29, 0.717) is 25.8 Å². The Morgan fingerprint density at radius 1 is 1.37 bits per heavy atom. The third-order valence-corrected chi connectivity index (χ3v) is 4.76. The lowest BCUT2D eigenvalue weighted by Gasteiger charge is -2.44. The molecule has 0 aromatic heterocycles. The van der Waals surface area contributed by atoms with Crippen LogP contribution in [-0.2, 0) is 16.0 Å². The van der Waals surface area contributed by atoms with E-state index >= 15 is 0 Å². The number of carbonyl (C=O) groups is 2. The molecule has 0 unspecified atom stereocenters. The van der Waals surface area contributed by atoms with E-state index in [2.05, 4.69) is 10.6 Å². The topological polar surface area (TPSA) is 115 Å². The predicted octanol–water partition coefficient (Wildman–Crippen LogP) is 0.0972. The normalized spacial score (nSPS) is 16.0. The minimum atomic E-state index is -0.516. The van der Waals surface area contributed by atoms with Gasteiger partial charge >= 0.3 is 0 Å². The summed E-state index contributed by atoms with van der Waals surface area (Å²) in [4.78, 5) is 25.0. The fourth-order valence-electron chi connectivity index (χ4n) is 3.13. The number of aldehydes is 1. The van der Waals surface area contributed by atoms with Crippen molar-refractivity contribution in [2.24, 2.45) is 5.73 Å². The molecule has 1 saturated heterocycles. The third kappa shape index (κ3) is 6.04. The number of likely N-dealkylation sites (N-methyl/N-ethyl adjacent to an activating group) is 1. The smallest absolute Gasteiger partial charge is 0.254 e. The number of hydrogen-bond acceptors (Lipinski definition) is 5. The average Bonchev–Trinajstić information content (AvgIpc) is 2.63. The number of hydrogen-bond donors (Lipinski definition) is 4. The summed E-state index contributed by atoms with van der Waals surface area (Å²) in [6.07, 6.45) is 3.60. The highest BCUT2D eigenvalue weighted by Crippen LogP contribution is 2.18. The van der Waals surface area contributed by atoms with Crippen molar-refractivity contribution in [2.75, 3.05) is 26.7 Å². The highest BCUT2D eigenvalue weighted by Gasteiger charge is 2.35. The Hall–Kier alpha value is -2.45. The fourth-order valence-corrected chi connectivity index (χ4v) is 3.13. The van der Waals surface area contributed by atoms with Crippen LogP contribution >= 0.6 is 0 Å². The zero-order chi connectivity index (χ0) is 19.6. The Labute approximate surface area is 160 Å². The lowest BCUT2D eigenvalue weighted by molar-refractivity contribution is -0.168. The van der Waals surface area contributed by atoms with Gasteiger partial charge < -0.3 is 21.2 Å². The van der Waals surface area contributed by atoms with Gasteiger partial charge in [-0.3, -0.25) is 15.2 Å². The van der Waals surface area contributed by atoms with Crippen LogP contribution in [0.2, 0.25) is 0 Å². The average molecular weight is 374 g/mol. The minimum absolute atomic E-state index is 0.0855. The summed E-state index contributed by atoms with van der Waals surface area (Å²) in [5.74, 6) is -0.177. The van der Waals surface area contributed by atoms with E-state index in [1.165, 1.54) is 0 Å². The van der Waals surface area contributed by atoms with E-state index in [4.69, 9.17) is 11.1 Å². The molecule has 1 amide bonds. The van der Waals surface area contributed by atoms with E-state index in [1.54, 1.807) is 12.1 Å². The van der Waals surface area contributed by atoms with Gasteiger partial charge in [0.05, 0.1) is 6.04 Å². The number of carbonyl (C=O) groups excluding carboxylic acids is 2. The van der Waals surface area contributed by atoms with Crippen LogP contribution in [0.1, 0.15) is 24.8 Å². The Bertz CT molecular complexity index is 620. The van der Waals surface area contributed by atoms with Crippen LogP contribution in [0.5, 0.6) is 0 Å². The van der Waals surface area contributed by atoms with Crippen molar-refractivity contribution in [1.29, 1.82) is 5.41 Å². The molecular formula is C19H30N6O2. The van der Waals surface area contributed by atoms with Gasteiger partial charge in [0.2, 0.25) is 0 Å². The molecule has 8 heteroatoms. The van der Waals surface area contributed by atoms with Crippen LogP contribution in [0, 0.1) is 5.41 Å². The molecule has 0 saturated carbocycles. The Morgan fingerprint density at radius 3 is 2.59 bits per heavy atom. The van der Waals surface area contributed by atoms with Gasteiger partial charge in [-0.2, -0.15) is 0 Å². The van der Waals surface area contributed by atoms with Gasteiger partial charge in [0.25, 0.3) is 5.91 Å². The van der Waals surface area contributed by atoms with Crippen molar-refractivity contribution in [2.45, 2.75) is 37.8 Å². The molecule has 2 atom stereocenters. The van der Waals surface area contributed by atoms with Gasteiger partial charge in [0, 0.05) is 19.6 Å². The maximum Gasteiger partial charge on any atom is 0.254 e. The molecule has 1 aromatic carbocycles. The van der Waals surface area contributed by atoms with Gasteiger partial charge in [-0.1, -0.05) is 30.3 Å². The largest absolute Gasteiger partial charge is 0.370 e. The summed E-state index contributed by atoms with van der Waals surface area (Å²) in [5.41, 5.74) is 6.35. The highest BCUT2D eigenvalue weighted by molar-refractivity contribution is 5.84. The third-order valence-electron chi connectivity index (χ3n) is 4.76. The predicted molar refractivity (Wildman–Crippen MR) is 105 cm³/mol. The van der Waals surface area contributed by atoms with E-state index in [1.807, 2.05) is 35.3 Å². The quantitative estimate of drug-likeness (QED) is 0.189. The molecule has 8 nitrogen and oxygen atoms in total. The number of nitrogens with one attached hydrogen (secondary N) is 3. The second-order valence-electron chi connectivity index (χ2n) is 6.71. The number of rotatable bonds is 11. The number of benzene rings is 1. The number of amides is 1. The summed E-state index contributed by atoms with van der Waals surface area (Å²) in [5, 5.41) is 16.6. The standard InChI is InChI=1S/C19H30N6O2/c1-22-17(13-15-7-3-2-4-8-15)18(27)25(24-11-6-12-24)16(14-26)9-5-10-23-19(20)21/h2-4,7-8,14,16-17,22H,5-6,9-13H2,1H3,(H4,20,21,23)/t16-,17+/m0/s1. The number of nitrogens with two attached hydrogens (primary N) is 1. The molecule has 0 bridgehead atoms. The van der Waals surface area contributed by atoms with Gasteiger partial charge in [0.1, 0.15) is 12.3 Å². The molecule has 2 rings (SSSR count). The van der Waals surface area contributed by atoms with E-state index < -0.39 is 12.1 Å². The van der Waals surface area contributed by atoms with Crippen molar-refractivity contribution in [3.05, 3.63) is 35.9 Å². The minimum Gasteiger partial charge on any atom is -0.370 e. The molecule has 0 aliphatic carbocycles. The lowest BCUT2D eigenvalue weighted by atomic mass is 10.0. The second-order valence-corrected chi connectivity index (χ2v) is 6.71. The van der Waals surface area contributed by atoms with Crippen molar-refractivity contribution >= 4 is 18.2 Å². The number of nitrogens with zero attached hydrogens (tertiary/aromatic N) is 2. The summed E-state index contributed by atoms with van der Waals surface area (Å²) in [6.45, 7) is 2.06. The van der Waals surface area contributed by atoms with E-state index in [9.17, 15) is 9.59 Å². The molecule has 148 valence electrons. The van der Waals surface area contributed by atoms with Gasteiger partial charge in [-0.05, 0) is 38.3 Å². The summed E-state index contributed by atoms with van der Waals surface area (Å²) in [6, 6.07) is 8.94. The lowest BCUT2D eigenvalue weighted by Crippen LogP contribution is -2.62. The Balaban J connectivity index is 2.06. The first-order valence-corrected chi connectivity index (χ1v) is 9.39. The van der Waals surface area contributed by atoms with Crippen molar-refractivity contribution in [3.63, 3.8) is 0 Å². The molecule has 27 heavy (non-hydrogen) atoms. The number of guanidine groups is 1. The van der Waals surface area contributed by atoms with Crippen molar-refractivity contribution < 1.29 is 9.59 Å². The number of hydrazine groups is 1. The second kappa shape index (κ2) is 10.6. The zero-order valence-corrected chi connectivity index (χ0v) is 15.9. The van der Waals surface area contributed by atoms with Gasteiger partial charge in [-0.15, -0.1) is 0 Å². The molecule has 1 aromatic rings. The molecule has 1 aliphatic rings. The zero-order valence-electron chi connectivity index (χ0n) is 15.9. The maximum absolute atomic E-state index is 13.2. The molecule has 5 N–H and O–H groups in total. The van der Waals surface area contributed by atoms with Crippen LogP contribution in [0.25, 0.3) is 0 Å². The van der Waals surface area contributed by atoms with Crippen molar-refractivity contribution in [3.8, 4) is 0 Å². The summed E-state index contributed by atoms with van der Waals surface area (Å²) >= 11 is 0. The molecule has 0 radical (unpaired) electrons. The van der Waals surface area contributed by atoms with Crippen LogP contribution in [0.15, 0.2) is 30.3 Å². The Morgan fingerprint density at radius 2 is 2.07 bits per heavy atom. The fraction of sp³-hybridized carbons (Fsp3) is 0.526. The first kappa shape index (κ1) is 20.9. The first-order chi connectivity index (χ1) is 13.1. The van der Waals surface area contributed by atoms with Crippen molar-refractivity contribution in [1.82, 2.24) is 20.7 Å². The van der Waals surface area contributed by atoms with E-state index in [-0.39, 0.29) is 11.9 Å². The summed E-state index contributed by atoms with van der Waals surface area (Å²) in [7, 11) is 1.77. The molecule has 1 aliphatic heterocycles. The van der Waals surface area contributed by atoms with Crippen LogP contribution in [-0.4, -0.2) is 66.9 Å². The van der Waals surface area contributed by atoms with E-state index in [0.717, 1.165) is 31.4 Å². The van der Waals surface area contributed by atoms with Crippen LogP contribution < -0.4 is 16.4 Å². The van der Waals surface area contributed by atoms with Crippen LogP contribution in [0.3, 0.4) is 0 Å². The van der Waals surface area contributed by atoms with Gasteiger partial charge in [-0.25, -0.2) is 5.01 Å².